The van der Waals surface area contributed by atoms with Gasteiger partial charge in [0.25, 0.3) is 5.56 Å². The van der Waals surface area contributed by atoms with Crippen molar-refractivity contribution in [3.8, 4) is 0 Å². The van der Waals surface area contributed by atoms with Gasteiger partial charge in [-0.3, -0.25) is 4.79 Å². The Morgan fingerprint density at radius 1 is 1.52 bits per heavy atom. The summed E-state index contributed by atoms with van der Waals surface area (Å²) in [4.78, 5) is 14.4. The molecular weight excluding hydrogens is 268 g/mol. The van der Waals surface area contributed by atoms with Gasteiger partial charge in [-0.1, -0.05) is 6.92 Å². The van der Waals surface area contributed by atoms with Crippen LogP contribution >= 0.6 is 0 Å². The first-order valence-electron chi connectivity index (χ1n) is 7.52. The summed E-state index contributed by atoms with van der Waals surface area (Å²) in [5, 5.41) is 7.43. The Bertz CT molecular complexity index is 527. The summed E-state index contributed by atoms with van der Waals surface area (Å²) in [7, 11) is 1.91. The van der Waals surface area contributed by atoms with E-state index in [0.717, 1.165) is 25.3 Å². The third kappa shape index (κ3) is 4.28. The molecule has 0 amide bonds. The molecule has 1 aromatic rings. The third-order valence-electron chi connectivity index (χ3n) is 3.68. The first kappa shape index (κ1) is 16.0. The predicted octanol–water partition coefficient (Wildman–Crippen LogP) is 0.714. The molecule has 1 fully saturated rings. The van der Waals surface area contributed by atoms with Crippen LogP contribution in [0.1, 0.15) is 20.8 Å². The van der Waals surface area contributed by atoms with Crippen LogP contribution in [0.5, 0.6) is 0 Å². The predicted molar refractivity (Wildman–Crippen MR) is 83.8 cm³/mol. The van der Waals surface area contributed by atoms with Crippen LogP contribution in [0.4, 0.5) is 5.69 Å². The van der Waals surface area contributed by atoms with Crippen LogP contribution in [0.15, 0.2) is 17.1 Å². The van der Waals surface area contributed by atoms with Crippen LogP contribution < -0.4 is 15.8 Å². The summed E-state index contributed by atoms with van der Waals surface area (Å²) in [5.41, 5.74) is 0.655. The van der Waals surface area contributed by atoms with Crippen LogP contribution in [-0.2, 0) is 11.3 Å². The largest absolute Gasteiger partial charge is 0.372 e. The van der Waals surface area contributed by atoms with Gasteiger partial charge in [-0.05, 0) is 33.4 Å². The Labute approximate surface area is 126 Å². The molecule has 0 spiro atoms. The van der Waals surface area contributed by atoms with Gasteiger partial charge < -0.3 is 15.0 Å². The molecule has 0 bridgehead atoms. The fraction of sp³-hybridized carbons (Fsp3) is 0.733. The van der Waals surface area contributed by atoms with Crippen LogP contribution in [0.25, 0.3) is 0 Å². The lowest BCUT2D eigenvalue weighted by Gasteiger charge is -2.39. The van der Waals surface area contributed by atoms with Crippen molar-refractivity contribution in [3.05, 3.63) is 22.6 Å². The highest BCUT2D eigenvalue weighted by Crippen LogP contribution is 2.21. The lowest BCUT2D eigenvalue weighted by atomic mass is 10.1. The Hall–Kier alpha value is -1.40. The van der Waals surface area contributed by atoms with Crippen molar-refractivity contribution < 1.29 is 4.74 Å². The van der Waals surface area contributed by atoms with Gasteiger partial charge in [0.15, 0.2) is 0 Å². The smallest absolute Gasteiger partial charge is 0.268 e. The fourth-order valence-electron chi connectivity index (χ4n) is 2.68. The number of nitrogens with one attached hydrogen (secondary N) is 1. The summed E-state index contributed by atoms with van der Waals surface area (Å²) < 4.78 is 7.24. The van der Waals surface area contributed by atoms with E-state index in [-0.39, 0.29) is 11.2 Å². The minimum Gasteiger partial charge on any atom is -0.372 e. The normalized spacial score (nSPS) is 19.5. The first-order valence-corrected chi connectivity index (χ1v) is 7.52. The summed E-state index contributed by atoms with van der Waals surface area (Å²) in [6.07, 6.45) is 1.79. The maximum Gasteiger partial charge on any atom is 0.268 e. The summed E-state index contributed by atoms with van der Waals surface area (Å²) in [6.45, 7) is 9.97. The maximum atomic E-state index is 12.2. The number of rotatable bonds is 5. The first-order chi connectivity index (χ1) is 9.91. The molecular formula is C15H26N4O2. The van der Waals surface area contributed by atoms with Crippen LogP contribution in [0.2, 0.25) is 0 Å². The van der Waals surface area contributed by atoms with Crippen LogP contribution in [-0.4, -0.2) is 48.7 Å². The molecule has 1 atom stereocenters. The van der Waals surface area contributed by atoms with Crippen molar-refractivity contribution in [1.82, 2.24) is 15.1 Å². The molecule has 0 saturated carbocycles. The summed E-state index contributed by atoms with van der Waals surface area (Å²) in [6, 6.07) is 1.68. The van der Waals surface area contributed by atoms with Crippen molar-refractivity contribution in [1.29, 1.82) is 0 Å². The lowest BCUT2D eigenvalue weighted by Crippen LogP contribution is -2.48. The van der Waals surface area contributed by atoms with Gasteiger partial charge in [0.05, 0.1) is 24.1 Å². The molecule has 6 nitrogen and oxygen atoms in total. The van der Waals surface area contributed by atoms with E-state index in [0.29, 0.717) is 19.1 Å². The Kier molecular flexibility index (Phi) is 5.00. The lowest BCUT2D eigenvalue weighted by molar-refractivity contribution is -0.0277. The van der Waals surface area contributed by atoms with Crippen molar-refractivity contribution in [3.63, 3.8) is 0 Å². The second kappa shape index (κ2) is 6.58. The summed E-state index contributed by atoms with van der Waals surface area (Å²) in [5.74, 6) is 0.369. The third-order valence-corrected chi connectivity index (χ3v) is 3.68. The molecule has 21 heavy (non-hydrogen) atoms. The minimum absolute atomic E-state index is 0.0419. The molecule has 1 unspecified atom stereocenters. The molecule has 0 aliphatic carbocycles. The Morgan fingerprint density at radius 2 is 2.29 bits per heavy atom. The van der Waals surface area contributed by atoms with E-state index < -0.39 is 0 Å². The van der Waals surface area contributed by atoms with Crippen LogP contribution in [0, 0.1) is 5.92 Å². The van der Waals surface area contributed by atoms with Gasteiger partial charge in [-0.25, -0.2) is 4.68 Å². The van der Waals surface area contributed by atoms with E-state index in [1.165, 1.54) is 4.68 Å². The summed E-state index contributed by atoms with van der Waals surface area (Å²) >= 11 is 0. The highest BCUT2D eigenvalue weighted by atomic mass is 16.5. The Morgan fingerprint density at radius 3 is 2.90 bits per heavy atom. The zero-order chi connectivity index (χ0) is 15.5. The van der Waals surface area contributed by atoms with E-state index in [1.54, 1.807) is 12.3 Å². The second-order valence-electron chi connectivity index (χ2n) is 6.43. The van der Waals surface area contributed by atoms with Crippen LogP contribution in [0.3, 0.4) is 0 Å². The quantitative estimate of drug-likeness (QED) is 0.867. The number of anilines is 1. The number of hydrogen-bond donors (Lipinski definition) is 1. The molecule has 6 heteroatoms. The van der Waals surface area contributed by atoms with Gasteiger partial charge in [0.2, 0.25) is 0 Å². The molecule has 0 aromatic carbocycles. The molecule has 1 saturated heterocycles. The average Bonchev–Trinajstić information content (AvgIpc) is 2.40. The zero-order valence-corrected chi connectivity index (χ0v) is 13.4. The van der Waals surface area contributed by atoms with Gasteiger partial charge in [-0.15, -0.1) is 0 Å². The van der Waals surface area contributed by atoms with E-state index in [1.807, 2.05) is 7.05 Å². The molecule has 1 N–H and O–H groups in total. The van der Waals surface area contributed by atoms with Crippen molar-refractivity contribution >= 4 is 5.69 Å². The molecule has 0 radical (unpaired) electrons. The maximum absolute atomic E-state index is 12.2. The molecule has 2 heterocycles. The zero-order valence-electron chi connectivity index (χ0n) is 13.4. The van der Waals surface area contributed by atoms with Crippen molar-refractivity contribution in [2.24, 2.45) is 5.92 Å². The SMILES string of the molecule is CNCC(C)Cn1ncc(N2CCOC(C)(C)C2)cc1=O. The van der Waals surface area contributed by atoms with Gasteiger partial charge in [-0.2, -0.15) is 5.10 Å². The van der Waals surface area contributed by atoms with Crippen molar-refractivity contribution in [2.45, 2.75) is 32.9 Å². The highest BCUT2D eigenvalue weighted by molar-refractivity contribution is 5.43. The van der Waals surface area contributed by atoms with E-state index in [2.05, 4.69) is 36.1 Å². The number of ether oxygens (including phenoxy) is 1. The fourth-order valence-corrected chi connectivity index (χ4v) is 2.68. The molecule has 2 rings (SSSR count). The van der Waals surface area contributed by atoms with E-state index in [4.69, 9.17) is 4.74 Å². The molecule has 1 aliphatic heterocycles. The number of hydrogen-bond acceptors (Lipinski definition) is 5. The topological polar surface area (TPSA) is 59.4 Å². The van der Waals surface area contributed by atoms with E-state index >= 15 is 0 Å². The number of aromatic nitrogens is 2. The van der Waals surface area contributed by atoms with Gasteiger partial charge in [0, 0.05) is 25.7 Å². The van der Waals surface area contributed by atoms with E-state index in [9.17, 15) is 4.79 Å². The van der Waals surface area contributed by atoms with Gasteiger partial charge in [0.1, 0.15) is 0 Å². The second-order valence-corrected chi connectivity index (χ2v) is 6.43. The van der Waals surface area contributed by atoms with Gasteiger partial charge >= 0.3 is 0 Å². The highest BCUT2D eigenvalue weighted by Gasteiger charge is 2.27. The minimum atomic E-state index is -0.186. The average molecular weight is 294 g/mol. The molecule has 1 aromatic heterocycles. The number of nitrogens with zero attached hydrogens (tertiary/aromatic N) is 3. The molecule has 118 valence electrons. The monoisotopic (exact) mass is 294 g/mol. The standard InChI is InChI=1S/C15H26N4O2/c1-12(8-16-4)10-19-14(20)7-13(9-17-19)18-5-6-21-15(2,3)11-18/h7,9,12,16H,5-6,8,10-11H2,1-4H3. The Balaban J connectivity index is 2.10. The van der Waals surface area contributed by atoms with Crippen molar-refractivity contribution in [2.75, 3.05) is 38.2 Å². The number of morpholine rings is 1. The molecule has 1 aliphatic rings.